The van der Waals surface area contributed by atoms with E-state index in [1.165, 1.54) is 18.5 Å². The van der Waals surface area contributed by atoms with Crippen LogP contribution in [0.25, 0.3) is 5.76 Å². The maximum absolute atomic E-state index is 13.6. The summed E-state index contributed by atoms with van der Waals surface area (Å²) in [6.07, 6.45) is 2.16. The van der Waals surface area contributed by atoms with Crippen molar-refractivity contribution in [2.75, 3.05) is 0 Å². The normalized spacial score (nSPS) is 11.7. The van der Waals surface area contributed by atoms with Gasteiger partial charge in [0, 0.05) is 12.5 Å². The first-order valence-electron chi connectivity index (χ1n) is 6.86. The highest BCUT2D eigenvalue weighted by Gasteiger charge is 2.14. The van der Waals surface area contributed by atoms with E-state index in [4.69, 9.17) is 4.42 Å². The molecule has 122 valence electrons. The average molecular weight is 331 g/mol. The highest BCUT2D eigenvalue weighted by Crippen LogP contribution is 2.18. The number of hydrogen-bond acceptors (Lipinski definition) is 5. The smallest absolute Gasteiger partial charge is 0.224 e. The van der Waals surface area contributed by atoms with Crippen molar-refractivity contribution in [1.29, 1.82) is 0 Å². The van der Waals surface area contributed by atoms with E-state index in [9.17, 15) is 18.7 Å². The van der Waals surface area contributed by atoms with Crippen LogP contribution in [-0.2, 0) is 6.42 Å². The van der Waals surface area contributed by atoms with Crippen LogP contribution in [0.15, 0.2) is 47.2 Å². The van der Waals surface area contributed by atoms with Gasteiger partial charge < -0.3 is 9.52 Å². The Hall–Kier alpha value is -3.29. The number of allylic oxidation sites excluding steroid dienone is 1. The molecule has 0 spiro atoms. The maximum Gasteiger partial charge on any atom is 0.224 e. The number of carbonyl (C=O) groups is 1. The summed E-state index contributed by atoms with van der Waals surface area (Å²) in [5.41, 5.74) is 0.113. The maximum atomic E-state index is 13.6. The standard InChI is InChI=1S/C16H11F2N3O3/c17-10-1-3-12(18)9(5-10)6-11-2-4-15(24-11)13(22)7-14(23)16-19-8-20-21-16/h1-5,7-8,23H,6H2,(H,19,20,21). The molecule has 0 saturated carbocycles. The van der Waals surface area contributed by atoms with Crippen molar-refractivity contribution in [2.45, 2.75) is 6.42 Å². The number of carbonyl (C=O) groups excluding carboxylic acids is 1. The Morgan fingerprint density at radius 3 is 2.88 bits per heavy atom. The number of furan rings is 1. The number of aliphatic hydroxyl groups excluding tert-OH is 1. The van der Waals surface area contributed by atoms with Crippen LogP contribution in [0, 0.1) is 11.6 Å². The highest BCUT2D eigenvalue weighted by atomic mass is 19.1. The van der Waals surface area contributed by atoms with E-state index < -0.39 is 23.2 Å². The molecule has 3 aromatic rings. The number of H-pyrrole nitrogens is 1. The van der Waals surface area contributed by atoms with Crippen molar-refractivity contribution in [3.63, 3.8) is 0 Å². The van der Waals surface area contributed by atoms with Gasteiger partial charge in [-0.2, -0.15) is 5.10 Å². The predicted molar refractivity (Wildman–Crippen MR) is 79.2 cm³/mol. The topological polar surface area (TPSA) is 92.0 Å². The molecule has 1 aromatic carbocycles. The molecule has 0 unspecified atom stereocenters. The zero-order chi connectivity index (χ0) is 17.1. The van der Waals surface area contributed by atoms with Gasteiger partial charge in [0.1, 0.15) is 23.7 Å². The summed E-state index contributed by atoms with van der Waals surface area (Å²) in [5, 5.41) is 15.7. The summed E-state index contributed by atoms with van der Waals surface area (Å²) < 4.78 is 32.1. The minimum Gasteiger partial charge on any atom is -0.504 e. The van der Waals surface area contributed by atoms with E-state index in [0.717, 1.165) is 24.3 Å². The van der Waals surface area contributed by atoms with Crippen molar-refractivity contribution < 1.29 is 23.1 Å². The zero-order valence-electron chi connectivity index (χ0n) is 12.2. The first-order chi connectivity index (χ1) is 11.5. The van der Waals surface area contributed by atoms with Crippen LogP contribution in [-0.4, -0.2) is 26.1 Å². The Labute approximate surface area is 134 Å². The van der Waals surface area contributed by atoms with Crippen molar-refractivity contribution in [2.24, 2.45) is 0 Å². The van der Waals surface area contributed by atoms with Gasteiger partial charge >= 0.3 is 0 Å². The number of aliphatic hydroxyl groups is 1. The number of ketones is 1. The number of rotatable bonds is 5. The summed E-state index contributed by atoms with van der Waals surface area (Å²) in [6, 6.07) is 5.98. The Balaban J connectivity index is 1.77. The van der Waals surface area contributed by atoms with Crippen molar-refractivity contribution in [3.05, 3.63) is 77.3 Å². The summed E-state index contributed by atoms with van der Waals surface area (Å²) >= 11 is 0. The zero-order valence-corrected chi connectivity index (χ0v) is 12.2. The second-order valence-electron chi connectivity index (χ2n) is 4.90. The van der Waals surface area contributed by atoms with E-state index in [2.05, 4.69) is 15.2 Å². The molecule has 0 fully saturated rings. The van der Waals surface area contributed by atoms with Gasteiger partial charge in [-0.15, -0.1) is 0 Å². The Morgan fingerprint density at radius 2 is 2.12 bits per heavy atom. The van der Waals surface area contributed by atoms with Crippen LogP contribution in [0.5, 0.6) is 0 Å². The second kappa shape index (κ2) is 6.45. The molecule has 0 amide bonds. The Kier molecular flexibility index (Phi) is 4.19. The van der Waals surface area contributed by atoms with E-state index in [-0.39, 0.29) is 29.3 Å². The molecule has 0 radical (unpaired) electrons. The molecule has 24 heavy (non-hydrogen) atoms. The van der Waals surface area contributed by atoms with E-state index in [1.807, 2.05) is 0 Å². The summed E-state index contributed by atoms with van der Waals surface area (Å²) in [4.78, 5) is 15.7. The Bertz CT molecular complexity index is 901. The lowest BCUT2D eigenvalue weighted by Gasteiger charge is -2.01. The van der Waals surface area contributed by atoms with Gasteiger partial charge in [0.25, 0.3) is 0 Å². The fourth-order valence-electron chi connectivity index (χ4n) is 2.06. The van der Waals surface area contributed by atoms with Crippen LogP contribution in [0.2, 0.25) is 0 Å². The van der Waals surface area contributed by atoms with E-state index in [1.54, 1.807) is 0 Å². The van der Waals surface area contributed by atoms with Gasteiger partial charge in [0.05, 0.1) is 0 Å². The first-order valence-corrected chi connectivity index (χ1v) is 6.86. The summed E-state index contributed by atoms with van der Waals surface area (Å²) in [7, 11) is 0. The number of aromatic nitrogens is 3. The molecule has 0 atom stereocenters. The average Bonchev–Trinajstić information content (AvgIpc) is 3.22. The number of hydrogen-bond donors (Lipinski definition) is 2. The molecule has 2 aromatic heterocycles. The lowest BCUT2D eigenvalue weighted by atomic mass is 10.1. The molecule has 0 bridgehead atoms. The van der Waals surface area contributed by atoms with Crippen LogP contribution in [0.4, 0.5) is 8.78 Å². The number of nitrogens with zero attached hydrogens (tertiary/aromatic N) is 2. The molecule has 0 saturated heterocycles. The molecule has 2 heterocycles. The lowest BCUT2D eigenvalue weighted by molar-refractivity contribution is 0.101. The van der Waals surface area contributed by atoms with Crippen molar-refractivity contribution in [1.82, 2.24) is 15.2 Å². The fraction of sp³-hybridized carbons (Fsp3) is 0.0625. The SMILES string of the molecule is O=C(C=C(O)c1nc[nH]n1)c1ccc(Cc2cc(F)ccc2F)o1. The number of halogens is 2. The minimum absolute atomic E-state index is 0.00646. The largest absolute Gasteiger partial charge is 0.504 e. The highest BCUT2D eigenvalue weighted by molar-refractivity contribution is 6.05. The lowest BCUT2D eigenvalue weighted by Crippen LogP contribution is -1.96. The fourth-order valence-corrected chi connectivity index (χ4v) is 2.06. The third kappa shape index (κ3) is 3.37. The molecule has 0 aliphatic rings. The van der Waals surface area contributed by atoms with Gasteiger partial charge in [0.2, 0.25) is 11.6 Å². The number of benzene rings is 1. The third-order valence-electron chi connectivity index (χ3n) is 3.19. The molecule has 0 aliphatic heterocycles. The third-order valence-corrected chi connectivity index (χ3v) is 3.19. The second-order valence-corrected chi connectivity index (χ2v) is 4.90. The van der Waals surface area contributed by atoms with Crippen LogP contribution >= 0.6 is 0 Å². The predicted octanol–water partition coefficient (Wildman–Crippen LogP) is 3.05. The molecular weight excluding hydrogens is 320 g/mol. The molecule has 3 rings (SSSR count). The number of aromatic amines is 1. The van der Waals surface area contributed by atoms with Gasteiger partial charge in [0.15, 0.2) is 11.5 Å². The monoisotopic (exact) mass is 331 g/mol. The summed E-state index contributed by atoms with van der Waals surface area (Å²) in [5.74, 6) is -1.95. The minimum atomic E-state index is -0.608. The van der Waals surface area contributed by atoms with E-state index >= 15 is 0 Å². The number of nitrogens with one attached hydrogen (secondary N) is 1. The van der Waals surface area contributed by atoms with Gasteiger partial charge in [-0.25, -0.2) is 13.8 Å². The van der Waals surface area contributed by atoms with Gasteiger partial charge in [-0.05, 0) is 35.9 Å². The van der Waals surface area contributed by atoms with Crippen LogP contribution in [0.1, 0.15) is 27.7 Å². The van der Waals surface area contributed by atoms with Crippen LogP contribution < -0.4 is 0 Å². The Morgan fingerprint density at radius 1 is 1.29 bits per heavy atom. The first kappa shape index (κ1) is 15.6. The molecule has 8 heteroatoms. The van der Waals surface area contributed by atoms with Crippen molar-refractivity contribution in [3.8, 4) is 0 Å². The van der Waals surface area contributed by atoms with E-state index in [0.29, 0.717) is 0 Å². The summed E-state index contributed by atoms with van der Waals surface area (Å²) in [6.45, 7) is 0. The molecule has 6 nitrogen and oxygen atoms in total. The quantitative estimate of drug-likeness (QED) is 0.426. The molecular formula is C16H11F2N3O3. The van der Waals surface area contributed by atoms with Gasteiger partial charge in [-0.1, -0.05) is 0 Å². The van der Waals surface area contributed by atoms with Crippen LogP contribution in [0.3, 0.4) is 0 Å². The molecule has 0 aliphatic carbocycles. The molecule has 2 N–H and O–H groups in total. The van der Waals surface area contributed by atoms with Crippen molar-refractivity contribution >= 4 is 11.5 Å². The van der Waals surface area contributed by atoms with Gasteiger partial charge in [-0.3, -0.25) is 9.89 Å².